The van der Waals surface area contributed by atoms with Gasteiger partial charge in [0.15, 0.2) is 0 Å². The fourth-order valence-corrected chi connectivity index (χ4v) is 4.60. The number of hydrogen-bond donors (Lipinski definition) is 0. The second kappa shape index (κ2) is 9.12. The van der Waals surface area contributed by atoms with E-state index in [1.54, 1.807) is 12.7 Å². The molecule has 3 fully saturated rings. The zero-order valence-corrected chi connectivity index (χ0v) is 16.2. The first-order chi connectivity index (χ1) is 13.3. The molecule has 4 heterocycles. The topological polar surface area (TPSA) is 66.7 Å². The van der Waals surface area contributed by atoms with Gasteiger partial charge in [-0.3, -0.25) is 14.4 Å². The number of likely N-dealkylation sites (tertiary alicyclic amines) is 1. The van der Waals surface area contributed by atoms with Crippen LogP contribution >= 0.6 is 0 Å². The highest BCUT2D eigenvalue weighted by atomic mass is 16.5. The lowest BCUT2D eigenvalue weighted by molar-refractivity contribution is -0.139. The Bertz CT molecular complexity index is 573. The summed E-state index contributed by atoms with van der Waals surface area (Å²) in [6.07, 6.45) is 7.66. The fourth-order valence-electron chi connectivity index (χ4n) is 4.60. The molecule has 0 aromatic carbocycles. The van der Waals surface area contributed by atoms with Gasteiger partial charge >= 0.3 is 0 Å². The normalized spacial score (nSPS) is 24.4. The number of nitrogens with zero attached hydrogens (tertiary/aromatic N) is 6. The van der Waals surface area contributed by atoms with Gasteiger partial charge in [-0.25, -0.2) is 4.98 Å². The van der Waals surface area contributed by atoms with Gasteiger partial charge in [0.25, 0.3) is 0 Å². The Balaban J connectivity index is 1.17. The van der Waals surface area contributed by atoms with Crippen molar-refractivity contribution in [1.82, 2.24) is 29.5 Å². The van der Waals surface area contributed by atoms with Crippen LogP contribution in [-0.4, -0.2) is 100 Å². The van der Waals surface area contributed by atoms with Crippen LogP contribution in [0.2, 0.25) is 0 Å². The summed E-state index contributed by atoms with van der Waals surface area (Å²) in [7, 11) is 0. The van der Waals surface area contributed by atoms with Crippen LogP contribution < -0.4 is 0 Å². The Hall–Kier alpha value is -1.51. The molecule has 0 aliphatic carbocycles. The molecule has 8 heteroatoms. The minimum atomic E-state index is 0.225. The van der Waals surface area contributed by atoms with Crippen LogP contribution in [0, 0.1) is 5.92 Å². The molecule has 1 aromatic rings. The molecular formula is C19H32N6O2. The standard InChI is InChI=1S/C19H32N6O2/c26-19(17-1-5-23(6-2-17)18-3-13-27-14-4-18)24-10-7-22(8-11-24)9-12-25-16-20-15-21-25/h15-18H,1-14H2. The fraction of sp³-hybridized carbons (Fsp3) is 0.842. The third-order valence-electron chi connectivity index (χ3n) is 6.38. The SMILES string of the molecule is O=C(C1CCN(C2CCOCC2)CC1)N1CCN(CCn2cncn2)CC1. The van der Waals surface area contributed by atoms with E-state index in [0.717, 1.165) is 91.3 Å². The van der Waals surface area contributed by atoms with Crippen molar-refractivity contribution >= 4 is 5.91 Å². The van der Waals surface area contributed by atoms with Crippen molar-refractivity contribution in [3.63, 3.8) is 0 Å². The number of piperidine rings is 1. The van der Waals surface area contributed by atoms with Crippen molar-refractivity contribution < 1.29 is 9.53 Å². The van der Waals surface area contributed by atoms with Crippen LogP contribution in [0.5, 0.6) is 0 Å². The Morgan fingerprint density at radius 3 is 2.37 bits per heavy atom. The van der Waals surface area contributed by atoms with Crippen molar-refractivity contribution in [3.05, 3.63) is 12.7 Å². The van der Waals surface area contributed by atoms with E-state index in [0.29, 0.717) is 11.9 Å². The maximum absolute atomic E-state index is 12.9. The van der Waals surface area contributed by atoms with Gasteiger partial charge in [-0.05, 0) is 38.8 Å². The van der Waals surface area contributed by atoms with Crippen LogP contribution in [0.15, 0.2) is 12.7 Å². The Kier molecular flexibility index (Phi) is 6.36. The van der Waals surface area contributed by atoms with E-state index < -0.39 is 0 Å². The molecule has 1 aromatic heterocycles. The molecule has 0 bridgehead atoms. The summed E-state index contributed by atoms with van der Waals surface area (Å²) in [4.78, 5) is 24.0. The highest BCUT2D eigenvalue weighted by Crippen LogP contribution is 2.25. The Labute approximate surface area is 161 Å². The first-order valence-corrected chi connectivity index (χ1v) is 10.4. The van der Waals surface area contributed by atoms with Crippen molar-refractivity contribution in [3.8, 4) is 0 Å². The van der Waals surface area contributed by atoms with Crippen molar-refractivity contribution in [2.24, 2.45) is 5.92 Å². The average molecular weight is 377 g/mol. The molecule has 0 atom stereocenters. The molecule has 150 valence electrons. The largest absolute Gasteiger partial charge is 0.381 e. The average Bonchev–Trinajstić information content (AvgIpc) is 3.27. The lowest BCUT2D eigenvalue weighted by Crippen LogP contribution is -2.52. The molecule has 3 saturated heterocycles. The van der Waals surface area contributed by atoms with Crippen molar-refractivity contribution in [1.29, 1.82) is 0 Å². The van der Waals surface area contributed by atoms with E-state index in [1.165, 1.54) is 0 Å². The zero-order chi connectivity index (χ0) is 18.5. The first kappa shape index (κ1) is 18.8. The second-order valence-electron chi connectivity index (χ2n) is 7.98. The molecule has 0 spiro atoms. The number of amides is 1. The summed E-state index contributed by atoms with van der Waals surface area (Å²) in [6.45, 7) is 9.39. The van der Waals surface area contributed by atoms with E-state index in [-0.39, 0.29) is 5.92 Å². The summed E-state index contributed by atoms with van der Waals surface area (Å²) >= 11 is 0. The molecular weight excluding hydrogens is 344 g/mol. The van der Waals surface area contributed by atoms with Gasteiger partial charge in [0.05, 0.1) is 6.54 Å². The Morgan fingerprint density at radius 1 is 0.963 bits per heavy atom. The quantitative estimate of drug-likeness (QED) is 0.737. The van der Waals surface area contributed by atoms with E-state index >= 15 is 0 Å². The van der Waals surface area contributed by atoms with Gasteiger partial charge in [-0.1, -0.05) is 0 Å². The lowest BCUT2D eigenvalue weighted by Gasteiger charge is -2.41. The lowest BCUT2D eigenvalue weighted by atomic mass is 9.93. The van der Waals surface area contributed by atoms with Crippen LogP contribution in [0.4, 0.5) is 0 Å². The first-order valence-electron chi connectivity index (χ1n) is 10.4. The maximum atomic E-state index is 12.9. The van der Waals surface area contributed by atoms with Crippen LogP contribution in [0.25, 0.3) is 0 Å². The van der Waals surface area contributed by atoms with Crippen molar-refractivity contribution in [2.45, 2.75) is 38.3 Å². The third kappa shape index (κ3) is 4.86. The van der Waals surface area contributed by atoms with E-state index in [2.05, 4.69) is 24.8 Å². The minimum absolute atomic E-state index is 0.225. The van der Waals surface area contributed by atoms with Gasteiger partial charge < -0.3 is 14.5 Å². The summed E-state index contributed by atoms with van der Waals surface area (Å²) in [5, 5.41) is 4.15. The highest BCUT2D eigenvalue weighted by molar-refractivity contribution is 5.79. The van der Waals surface area contributed by atoms with E-state index in [4.69, 9.17) is 4.74 Å². The summed E-state index contributed by atoms with van der Waals surface area (Å²) in [5.41, 5.74) is 0. The van der Waals surface area contributed by atoms with E-state index in [1.807, 2.05) is 4.68 Å². The Morgan fingerprint density at radius 2 is 1.70 bits per heavy atom. The second-order valence-corrected chi connectivity index (χ2v) is 7.98. The highest BCUT2D eigenvalue weighted by Gasteiger charge is 2.32. The van der Waals surface area contributed by atoms with Gasteiger partial charge in [0.2, 0.25) is 5.91 Å². The monoisotopic (exact) mass is 376 g/mol. The van der Waals surface area contributed by atoms with Gasteiger partial charge in [0, 0.05) is 57.9 Å². The third-order valence-corrected chi connectivity index (χ3v) is 6.38. The van der Waals surface area contributed by atoms with Crippen LogP contribution in [0.3, 0.4) is 0 Å². The van der Waals surface area contributed by atoms with E-state index in [9.17, 15) is 4.79 Å². The molecule has 27 heavy (non-hydrogen) atoms. The number of carbonyl (C=O) groups is 1. The number of hydrogen-bond acceptors (Lipinski definition) is 6. The molecule has 3 aliphatic heterocycles. The molecule has 3 aliphatic rings. The van der Waals surface area contributed by atoms with Gasteiger partial charge in [-0.2, -0.15) is 5.10 Å². The number of ether oxygens (including phenoxy) is 1. The molecule has 0 radical (unpaired) electrons. The molecule has 4 rings (SSSR count). The molecule has 8 nitrogen and oxygen atoms in total. The van der Waals surface area contributed by atoms with Gasteiger partial charge in [-0.15, -0.1) is 0 Å². The number of piperazine rings is 1. The molecule has 0 saturated carbocycles. The predicted octanol–water partition coefficient (Wildman–Crippen LogP) is 0.313. The summed E-state index contributed by atoms with van der Waals surface area (Å²) < 4.78 is 7.34. The zero-order valence-electron chi connectivity index (χ0n) is 16.2. The minimum Gasteiger partial charge on any atom is -0.381 e. The molecule has 0 N–H and O–H groups in total. The molecule has 0 unspecified atom stereocenters. The smallest absolute Gasteiger partial charge is 0.225 e. The summed E-state index contributed by atoms with van der Waals surface area (Å²) in [6, 6.07) is 0.670. The van der Waals surface area contributed by atoms with Crippen LogP contribution in [-0.2, 0) is 16.1 Å². The summed E-state index contributed by atoms with van der Waals surface area (Å²) in [5.74, 6) is 0.611. The maximum Gasteiger partial charge on any atom is 0.225 e. The predicted molar refractivity (Wildman–Crippen MR) is 101 cm³/mol. The number of aromatic nitrogens is 3. The molecule has 1 amide bonds. The number of carbonyl (C=O) groups excluding carboxylic acids is 1. The van der Waals surface area contributed by atoms with Crippen molar-refractivity contribution in [2.75, 3.05) is 59.0 Å². The van der Waals surface area contributed by atoms with Gasteiger partial charge in [0.1, 0.15) is 12.7 Å². The number of rotatable bonds is 5. The van der Waals surface area contributed by atoms with Crippen LogP contribution in [0.1, 0.15) is 25.7 Å².